The summed E-state index contributed by atoms with van der Waals surface area (Å²) < 4.78 is 0. The molecule has 3 rings (SSSR count). The summed E-state index contributed by atoms with van der Waals surface area (Å²) in [5.74, 6) is 0.0145. The minimum atomic E-state index is -0.159. The fourth-order valence-electron chi connectivity index (χ4n) is 3.49. The second-order valence-corrected chi connectivity index (χ2v) is 6.25. The minimum Gasteiger partial charge on any atom is -0.295 e. The second kappa shape index (κ2) is 5.10. The molecule has 1 saturated heterocycles. The highest BCUT2D eigenvalue weighted by Gasteiger charge is 2.49. The summed E-state index contributed by atoms with van der Waals surface area (Å²) >= 11 is 0. The van der Waals surface area contributed by atoms with Gasteiger partial charge in [-0.25, -0.2) is 0 Å². The van der Waals surface area contributed by atoms with Gasteiger partial charge in [0.25, 0.3) is 0 Å². The number of anilines is 1. The van der Waals surface area contributed by atoms with Crippen molar-refractivity contribution in [3.63, 3.8) is 0 Å². The molecule has 21 heavy (non-hydrogen) atoms. The van der Waals surface area contributed by atoms with Gasteiger partial charge in [-0.05, 0) is 56.4 Å². The standard InChI is InChI=1S/C17H19NO3/c1-10-3-8-14-15(9-10)17(21)18(16(14)20)13-6-4-12(5-7-13)11(2)19/h4-7,10,14-15H,3,8-9H2,1-2H3. The molecule has 110 valence electrons. The van der Waals surface area contributed by atoms with E-state index in [9.17, 15) is 14.4 Å². The molecule has 3 unspecified atom stereocenters. The lowest BCUT2D eigenvalue weighted by Crippen LogP contribution is -2.30. The van der Waals surface area contributed by atoms with Crippen molar-refractivity contribution in [2.75, 3.05) is 4.90 Å². The van der Waals surface area contributed by atoms with Crippen molar-refractivity contribution in [2.45, 2.75) is 33.1 Å². The zero-order valence-corrected chi connectivity index (χ0v) is 12.3. The molecule has 1 saturated carbocycles. The van der Waals surface area contributed by atoms with Crippen molar-refractivity contribution in [3.05, 3.63) is 29.8 Å². The first-order valence-electron chi connectivity index (χ1n) is 7.48. The van der Waals surface area contributed by atoms with E-state index in [4.69, 9.17) is 0 Å². The van der Waals surface area contributed by atoms with Crippen LogP contribution in [-0.2, 0) is 9.59 Å². The van der Waals surface area contributed by atoms with E-state index < -0.39 is 0 Å². The topological polar surface area (TPSA) is 54.5 Å². The maximum absolute atomic E-state index is 12.6. The maximum atomic E-state index is 12.6. The highest BCUT2D eigenvalue weighted by Crippen LogP contribution is 2.42. The van der Waals surface area contributed by atoms with Crippen LogP contribution in [0.1, 0.15) is 43.5 Å². The molecule has 2 fully saturated rings. The van der Waals surface area contributed by atoms with Gasteiger partial charge in [0.2, 0.25) is 11.8 Å². The van der Waals surface area contributed by atoms with E-state index in [2.05, 4.69) is 6.92 Å². The van der Waals surface area contributed by atoms with Gasteiger partial charge in [0.1, 0.15) is 0 Å². The first-order chi connectivity index (χ1) is 9.99. The molecular weight excluding hydrogens is 266 g/mol. The number of amides is 2. The van der Waals surface area contributed by atoms with E-state index in [1.54, 1.807) is 24.3 Å². The van der Waals surface area contributed by atoms with Crippen LogP contribution in [0.25, 0.3) is 0 Å². The number of nitrogens with zero attached hydrogens (tertiary/aromatic N) is 1. The molecule has 0 spiro atoms. The average molecular weight is 285 g/mol. The lowest BCUT2D eigenvalue weighted by molar-refractivity contribution is -0.122. The summed E-state index contributed by atoms with van der Waals surface area (Å²) in [5, 5.41) is 0. The zero-order chi connectivity index (χ0) is 15.1. The molecule has 0 aromatic heterocycles. The Morgan fingerprint density at radius 1 is 1.05 bits per heavy atom. The van der Waals surface area contributed by atoms with E-state index in [1.165, 1.54) is 11.8 Å². The number of imide groups is 1. The van der Waals surface area contributed by atoms with Gasteiger partial charge < -0.3 is 0 Å². The largest absolute Gasteiger partial charge is 0.295 e. The predicted molar refractivity (Wildman–Crippen MR) is 78.9 cm³/mol. The first kappa shape index (κ1) is 14.0. The number of rotatable bonds is 2. The van der Waals surface area contributed by atoms with E-state index in [0.717, 1.165) is 19.3 Å². The first-order valence-corrected chi connectivity index (χ1v) is 7.48. The molecule has 4 heteroatoms. The SMILES string of the molecule is CC(=O)c1ccc(N2C(=O)C3CCC(C)CC3C2=O)cc1. The molecule has 1 aromatic rings. The molecule has 0 bridgehead atoms. The Hall–Kier alpha value is -1.97. The number of carbonyl (C=O) groups is 3. The van der Waals surface area contributed by atoms with Crippen molar-refractivity contribution in [1.29, 1.82) is 0 Å². The zero-order valence-electron chi connectivity index (χ0n) is 12.3. The van der Waals surface area contributed by atoms with Crippen LogP contribution in [0.5, 0.6) is 0 Å². The third-order valence-electron chi connectivity index (χ3n) is 4.72. The van der Waals surface area contributed by atoms with Gasteiger partial charge in [0.15, 0.2) is 5.78 Å². The molecule has 1 aliphatic heterocycles. The number of carbonyl (C=O) groups excluding carboxylic acids is 3. The van der Waals surface area contributed by atoms with Gasteiger partial charge in [-0.15, -0.1) is 0 Å². The monoisotopic (exact) mass is 285 g/mol. The van der Waals surface area contributed by atoms with Crippen molar-refractivity contribution >= 4 is 23.3 Å². The van der Waals surface area contributed by atoms with Gasteiger partial charge in [0, 0.05) is 5.56 Å². The van der Waals surface area contributed by atoms with Crippen LogP contribution in [0.3, 0.4) is 0 Å². The Kier molecular flexibility index (Phi) is 3.40. The average Bonchev–Trinajstić information content (AvgIpc) is 2.70. The molecule has 1 heterocycles. The number of hydrogen-bond donors (Lipinski definition) is 0. The third-order valence-corrected chi connectivity index (χ3v) is 4.72. The van der Waals surface area contributed by atoms with E-state index in [1.807, 2.05) is 0 Å². The molecular formula is C17H19NO3. The summed E-state index contributed by atoms with van der Waals surface area (Å²) in [4.78, 5) is 37.7. The number of Topliss-reactive ketones (excluding diaryl/α,β-unsaturated/α-hetero) is 1. The van der Waals surface area contributed by atoms with Gasteiger partial charge in [-0.2, -0.15) is 0 Å². The number of ketones is 1. The molecule has 0 N–H and O–H groups in total. The Bertz CT molecular complexity index is 605. The summed E-state index contributed by atoms with van der Waals surface area (Å²) in [5.41, 5.74) is 1.17. The fraction of sp³-hybridized carbons (Fsp3) is 0.471. The highest BCUT2D eigenvalue weighted by atomic mass is 16.2. The molecule has 1 aliphatic carbocycles. The van der Waals surface area contributed by atoms with Gasteiger partial charge in [-0.3, -0.25) is 19.3 Å². The van der Waals surface area contributed by atoms with Gasteiger partial charge in [-0.1, -0.05) is 6.92 Å². The Balaban J connectivity index is 1.90. The van der Waals surface area contributed by atoms with Crippen LogP contribution in [0.4, 0.5) is 5.69 Å². The highest BCUT2D eigenvalue weighted by molar-refractivity contribution is 6.22. The lowest BCUT2D eigenvalue weighted by Gasteiger charge is -2.25. The summed E-state index contributed by atoms with van der Waals surface area (Å²) in [6, 6.07) is 6.71. The molecule has 3 atom stereocenters. The van der Waals surface area contributed by atoms with Gasteiger partial charge in [0.05, 0.1) is 17.5 Å². The van der Waals surface area contributed by atoms with Crippen molar-refractivity contribution in [1.82, 2.24) is 0 Å². The van der Waals surface area contributed by atoms with E-state index in [-0.39, 0.29) is 29.4 Å². The smallest absolute Gasteiger partial charge is 0.237 e. The molecule has 1 aromatic carbocycles. The fourth-order valence-corrected chi connectivity index (χ4v) is 3.49. The molecule has 2 amide bonds. The molecule has 0 radical (unpaired) electrons. The summed E-state index contributed by atoms with van der Waals surface area (Å²) in [6.07, 6.45) is 2.62. The predicted octanol–water partition coefficient (Wildman–Crippen LogP) is 2.81. The van der Waals surface area contributed by atoms with E-state index >= 15 is 0 Å². The Morgan fingerprint density at radius 3 is 2.29 bits per heavy atom. The van der Waals surface area contributed by atoms with Crippen molar-refractivity contribution < 1.29 is 14.4 Å². The minimum absolute atomic E-state index is 0.0249. The normalized spacial score (nSPS) is 28.7. The molecule has 2 aliphatic rings. The lowest BCUT2D eigenvalue weighted by atomic mass is 9.76. The molecule has 4 nitrogen and oxygen atoms in total. The third kappa shape index (κ3) is 2.28. The van der Waals surface area contributed by atoms with Gasteiger partial charge >= 0.3 is 0 Å². The van der Waals surface area contributed by atoms with Crippen molar-refractivity contribution in [3.8, 4) is 0 Å². The van der Waals surface area contributed by atoms with Crippen molar-refractivity contribution in [2.24, 2.45) is 17.8 Å². The summed E-state index contributed by atoms with van der Waals surface area (Å²) in [6.45, 7) is 3.63. The van der Waals surface area contributed by atoms with Crippen LogP contribution in [-0.4, -0.2) is 17.6 Å². The number of fused-ring (bicyclic) bond motifs is 1. The number of hydrogen-bond acceptors (Lipinski definition) is 3. The maximum Gasteiger partial charge on any atom is 0.237 e. The Labute approximate surface area is 124 Å². The van der Waals surface area contributed by atoms with E-state index in [0.29, 0.717) is 17.2 Å². The van der Waals surface area contributed by atoms with Crippen LogP contribution in [0, 0.1) is 17.8 Å². The quantitative estimate of drug-likeness (QED) is 0.620. The van der Waals surface area contributed by atoms with Crippen LogP contribution < -0.4 is 4.90 Å². The van der Waals surface area contributed by atoms with Crippen LogP contribution in [0.2, 0.25) is 0 Å². The van der Waals surface area contributed by atoms with Crippen LogP contribution >= 0.6 is 0 Å². The summed E-state index contributed by atoms with van der Waals surface area (Å²) in [7, 11) is 0. The Morgan fingerprint density at radius 2 is 1.67 bits per heavy atom. The second-order valence-electron chi connectivity index (χ2n) is 6.25. The van der Waals surface area contributed by atoms with Crippen LogP contribution in [0.15, 0.2) is 24.3 Å². The number of benzene rings is 1.